The lowest BCUT2D eigenvalue weighted by atomic mass is 10.2. The Morgan fingerprint density at radius 1 is 1.00 bits per heavy atom. The van der Waals surface area contributed by atoms with E-state index in [1.54, 1.807) is 12.3 Å². The van der Waals surface area contributed by atoms with Crippen LogP contribution < -0.4 is 15.8 Å². The summed E-state index contributed by atoms with van der Waals surface area (Å²) in [5.74, 6) is 1.23. The van der Waals surface area contributed by atoms with Gasteiger partial charge in [-0.15, -0.1) is 0 Å². The molecular formula is C27H24FN7O2. The number of nitrogen functional groups attached to an aromatic ring is 1. The molecular weight excluding hydrogens is 473 g/mol. The molecule has 0 unspecified atom stereocenters. The number of aromatic nitrogens is 4. The molecule has 37 heavy (non-hydrogen) atoms. The smallest absolute Gasteiger partial charge is 0.151 e. The van der Waals surface area contributed by atoms with Gasteiger partial charge in [-0.25, -0.2) is 14.4 Å². The van der Waals surface area contributed by atoms with E-state index in [0.29, 0.717) is 24.5 Å². The number of hydrogen-bond donors (Lipinski definition) is 2. The minimum absolute atomic E-state index is 0.259. The molecule has 186 valence electrons. The molecule has 5 rings (SSSR count). The third-order valence-corrected chi connectivity index (χ3v) is 5.48. The third kappa shape index (κ3) is 5.99. The number of ether oxygens (including phenoxy) is 1. The molecule has 0 aliphatic heterocycles. The first-order valence-electron chi connectivity index (χ1n) is 11.6. The number of nitrogens with two attached hydrogens (primary N) is 1. The number of oxime groups is 1. The van der Waals surface area contributed by atoms with Crippen LogP contribution in [0.3, 0.4) is 0 Å². The predicted molar refractivity (Wildman–Crippen MR) is 140 cm³/mol. The molecule has 0 saturated heterocycles. The van der Waals surface area contributed by atoms with Gasteiger partial charge < -0.3 is 20.6 Å². The fourth-order valence-electron chi connectivity index (χ4n) is 3.73. The molecule has 0 spiro atoms. The zero-order valence-electron chi connectivity index (χ0n) is 19.8. The van der Waals surface area contributed by atoms with E-state index in [1.165, 1.54) is 24.7 Å². The van der Waals surface area contributed by atoms with Gasteiger partial charge in [-0.05, 0) is 48.0 Å². The molecule has 0 saturated carbocycles. The second kappa shape index (κ2) is 11.2. The van der Waals surface area contributed by atoms with Gasteiger partial charge in [0.25, 0.3) is 0 Å². The van der Waals surface area contributed by atoms with E-state index in [1.807, 2.05) is 59.3 Å². The van der Waals surface area contributed by atoms with Crippen molar-refractivity contribution in [2.75, 3.05) is 24.3 Å². The molecule has 9 nitrogen and oxygen atoms in total. The van der Waals surface area contributed by atoms with E-state index in [2.05, 4.69) is 25.5 Å². The van der Waals surface area contributed by atoms with E-state index >= 15 is 0 Å². The molecule has 0 aliphatic carbocycles. The number of halogens is 1. The Labute approximate surface area is 212 Å². The van der Waals surface area contributed by atoms with Gasteiger partial charge in [0.15, 0.2) is 6.61 Å². The Balaban J connectivity index is 1.24. The number of rotatable bonds is 10. The number of fused-ring (bicyclic) bond motifs is 1. The number of nitrogens with one attached hydrogen (secondary N) is 1. The van der Waals surface area contributed by atoms with E-state index in [-0.39, 0.29) is 18.2 Å². The number of anilines is 3. The minimum Gasteiger partial charge on any atom is -0.490 e. The first kappa shape index (κ1) is 23.7. The average molecular weight is 498 g/mol. The van der Waals surface area contributed by atoms with Crippen LogP contribution in [-0.4, -0.2) is 39.2 Å². The standard InChI is InChI=1S/C27H24FN7O2/c28-21-6-4-5-19(13-21)17-35-25-10-9-22(14-20(25)15-32-35)34-27-24(26(29)30-18-31-27)16-33-37-12-11-36-23-7-2-1-3-8-23/h1-10,13-16,18H,11-12,17H2,(H3,29,30,31,34)/b33-16+. The number of benzene rings is 3. The first-order valence-corrected chi connectivity index (χ1v) is 11.6. The van der Waals surface area contributed by atoms with Gasteiger partial charge in [-0.2, -0.15) is 5.10 Å². The molecule has 2 aromatic heterocycles. The highest BCUT2D eigenvalue weighted by Crippen LogP contribution is 2.24. The van der Waals surface area contributed by atoms with E-state index in [0.717, 1.165) is 27.9 Å². The highest BCUT2D eigenvalue weighted by Gasteiger charge is 2.10. The summed E-state index contributed by atoms with van der Waals surface area (Å²) in [6, 6.07) is 21.8. The van der Waals surface area contributed by atoms with Crippen molar-refractivity contribution in [2.24, 2.45) is 5.16 Å². The summed E-state index contributed by atoms with van der Waals surface area (Å²) in [6.07, 6.45) is 4.61. The van der Waals surface area contributed by atoms with Gasteiger partial charge >= 0.3 is 0 Å². The van der Waals surface area contributed by atoms with Gasteiger partial charge in [0.05, 0.1) is 30.0 Å². The van der Waals surface area contributed by atoms with E-state index < -0.39 is 0 Å². The van der Waals surface area contributed by atoms with Crippen LogP contribution in [0.5, 0.6) is 5.75 Å². The zero-order valence-corrected chi connectivity index (χ0v) is 19.8. The summed E-state index contributed by atoms with van der Waals surface area (Å²) in [4.78, 5) is 13.7. The summed E-state index contributed by atoms with van der Waals surface area (Å²) >= 11 is 0. The normalized spacial score (nSPS) is 11.2. The molecule has 0 amide bonds. The summed E-state index contributed by atoms with van der Waals surface area (Å²) in [5.41, 5.74) is 9.10. The van der Waals surface area contributed by atoms with Gasteiger partial charge in [0.1, 0.15) is 36.1 Å². The third-order valence-electron chi connectivity index (χ3n) is 5.48. The second-order valence-corrected chi connectivity index (χ2v) is 8.08. The zero-order chi connectivity index (χ0) is 25.5. The Kier molecular flexibility index (Phi) is 7.16. The average Bonchev–Trinajstić information content (AvgIpc) is 3.30. The fraction of sp³-hybridized carbons (Fsp3) is 0.111. The van der Waals surface area contributed by atoms with Crippen LogP contribution in [0.25, 0.3) is 10.9 Å². The molecule has 0 atom stereocenters. The number of nitrogens with zero attached hydrogens (tertiary/aromatic N) is 5. The summed E-state index contributed by atoms with van der Waals surface area (Å²) in [6.45, 7) is 1.08. The van der Waals surface area contributed by atoms with Crippen molar-refractivity contribution in [3.63, 3.8) is 0 Å². The van der Waals surface area contributed by atoms with Crippen molar-refractivity contribution in [1.82, 2.24) is 19.7 Å². The van der Waals surface area contributed by atoms with Gasteiger partial charge in [0.2, 0.25) is 0 Å². The SMILES string of the molecule is Nc1ncnc(Nc2ccc3c(cnn3Cc3cccc(F)c3)c2)c1/C=N/OCCOc1ccccc1. The highest BCUT2D eigenvalue weighted by atomic mass is 19.1. The minimum atomic E-state index is -0.269. The van der Waals surface area contributed by atoms with Crippen molar-refractivity contribution in [1.29, 1.82) is 0 Å². The largest absolute Gasteiger partial charge is 0.490 e. The van der Waals surface area contributed by atoms with Crippen LogP contribution in [0.4, 0.5) is 21.7 Å². The lowest BCUT2D eigenvalue weighted by molar-refractivity contribution is 0.108. The lowest BCUT2D eigenvalue weighted by Gasteiger charge is -2.10. The van der Waals surface area contributed by atoms with Crippen LogP contribution in [0, 0.1) is 5.82 Å². The topological polar surface area (TPSA) is 112 Å². The first-order chi connectivity index (χ1) is 18.2. The molecule has 0 radical (unpaired) electrons. The van der Waals surface area contributed by atoms with Crippen molar-refractivity contribution in [2.45, 2.75) is 6.54 Å². The van der Waals surface area contributed by atoms with Crippen LogP contribution in [0.15, 0.2) is 90.5 Å². The van der Waals surface area contributed by atoms with Crippen LogP contribution in [-0.2, 0) is 11.4 Å². The van der Waals surface area contributed by atoms with Gasteiger partial charge in [-0.1, -0.05) is 35.5 Å². The molecule has 3 aromatic carbocycles. The molecule has 0 fully saturated rings. The van der Waals surface area contributed by atoms with Crippen molar-refractivity contribution in [3.8, 4) is 5.75 Å². The number of hydrogen-bond acceptors (Lipinski definition) is 8. The predicted octanol–water partition coefficient (Wildman–Crippen LogP) is 4.77. The quantitative estimate of drug-likeness (QED) is 0.162. The lowest BCUT2D eigenvalue weighted by Crippen LogP contribution is -2.06. The Morgan fingerprint density at radius 3 is 2.76 bits per heavy atom. The molecule has 0 aliphatic rings. The maximum absolute atomic E-state index is 13.5. The maximum atomic E-state index is 13.5. The van der Waals surface area contributed by atoms with Crippen molar-refractivity contribution < 1.29 is 14.0 Å². The monoisotopic (exact) mass is 497 g/mol. The van der Waals surface area contributed by atoms with E-state index in [9.17, 15) is 4.39 Å². The molecule has 2 heterocycles. The summed E-state index contributed by atoms with van der Waals surface area (Å²) < 4.78 is 21.0. The Morgan fingerprint density at radius 2 is 1.89 bits per heavy atom. The van der Waals surface area contributed by atoms with Gasteiger partial charge in [0, 0.05) is 11.1 Å². The molecule has 10 heteroatoms. The van der Waals surface area contributed by atoms with Crippen molar-refractivity contribution in [3.05, 3.63) is 102 Å². The summed E-state index contributed by atoms with van der Waals surface area (Å²) in [7, 11) is 0. The van der Waals surface area contributed by atoms with Crippen LogP contribution in [0.2, 0.25) is 0 Å². The van der Waals surface area contributed by atoms with Crippen molar-refractivity contribution >= 4 is 34.4 Å². The van der Waals surface area contributed by atoms with Crippen LogP contribution >= 0.6 is 0 Å². The second-order valence-electron chi connectivity index (χ2n) is 8.08. The van der Waals surface area contributed by atoms with Gasteiger partial charge in [-0.3, -0.25) is 4.68 Å². The molecule has 0 bridgehead atoms. The highest BCUT2D eigenvalue weighted by molar-refractivity contribution is 5.93. The number of para-hydroxylation sites is 1. The Hall–Kier alpha value is -4.99. The van der Waals surface area contributed by atoms with E-state index in [4.69, 9.17) is 15.3 Å². The Bertz CT molecular complexity index is 1520. The molecule has 5 aromatic rings. The summed E-state index contributed by atoms with van der Waals surface area (Å²) in [5, 5.41) is 12.6. The fourth-order valence-corrected chi connectivity index (χ4v) is 3.73. The maximum Gasteiger partial charge on any atom is 0.151 e. The van der Waals surface area contributed by atoms with Crippen LogP contribution in [0.1, 0.15) is 11.1 Å². The molecule has 3 N–H and O–H groups in total.